The Morgan fingerprint density at radius 2 is 2.16 bits per heavy atom. The molecular formula is C13H18F3N3. The Bertz CT molecular complexity index is 416. The molecule has 0 saturated heterocycles. The largest absolute Gasteiger partial charge is 0.405 e. The first-order valence-electron chi connectivity index (χ1n) is 6.48. The first-order chi connectivity index (χ1) is 8.98. The van der Waals surface area contributed by atoms with Crippen LogP contribution in [0.25, 0.3) is 0 Å². The van der Waals surface area contributed by atoms with Crippen LogP contribution in [0.15, 0.2) is 18.3 Å². The fourth-order valence-electron chi connectivity index (χ4n) is 1.90. The minimum atomic E-state index is -4.19. The highest BCUT2D eigenvalue weighted by atomic mass is 19.4. The number of nitrogens with one attached hydrogen (secondary N) is 1. The van der Waals surface area contributed by atoms with Crippen molar-refractivity contribution in [3.8, 4) is 0 Å². The minimum Gasteiger partial charge on any atom is -0.363 e. The Morgan fingerprint density at radius 1 is 1.42 bits per heavy atom. The van der Waals surface area contributed by atoms with Gasteiger partial charge < -0.3 is 10.2 Å². The first kappa shape index (κ1) is 14.1. The summed E-state index contributed by atoms with van der Waals surface area (Å²) in [5, 5.41) is 3.30. The lowest BCUT2D eigenvalue weighted by molar-refractivity contribution is -0.119. The van der Waals surface area contributed by atoms with Crippen LogP contribution < -0.4 is 10.2 Å². The fraction of sp³-hybridized carbons (Fsp3) is 0.615. The summed E-state index contributed by atoms with van der Waals surface area (Å²) < 4.78 is 37.4. The molecule has 0 aromatic carbocycles. The third-order valence-electron chi connectivity index (χ3n) is 3.07. The first-order valence-corrected chi connectivity index (χ1v) is 6.48. The third kappa shape index (κ3) is 4.70. The Morgan fingerprint density at radius 3 is 2.74 bits per heavy atom. The Balaban J connectivity index is 2.02. The molecule has 2 rings (SSSR count). The van der Waals surface area contributed by atoms with Gasteiger partial charge in [0.05, 0.1) is 5.69 Å². The monoisotopic (exact) mass is 273 g/mol. The molecule has 1 fully saturated rings. The van der Waals surface area contributed by atoms with Gasteiger partial charge in [-0.1, -0.05) is 0 Å². The summed E-state index contributed by atoms with van der Waals surface area (Å²) in [6.07, 6.45) is -0.270. The van der Waals surface area contributed by atoms with Gasteiger partial charge in [0.2, 0.25) is 0 Å². The standard InChI is InChI=1S/C13H18F3N3/c1-2-19(9-13(14,15)16)12-5-6-17-11(7-12)8-18-10-3-4-10/h5-7,10,18H,2-4,8-9H2,1H3. The zero-order chi connectivity index (χ0) is 13.9. The molecule has 0 bridgehead atoms. The highest BCUT2D eigenvalue weighted by Gasteiger charge is 2.30. The molecule has 1 aliphatic carbocycles. The maximum absolute atomic E-state index is 12.5. The molecule has 0 unspecified atom stereocenters. The maximum atomic E-state index is 12.5. The summed E-state index contributed by atoms with van der Waals surface area (Å²) in [5.41, 5.74) is 1.35. The quantitative estimate of drug-likeness (QED) is 0.863. The molecule has 3 nitrogen and oxygen atoms in total. The molecule has 6 heteroatoms. The normalized spacial score (nSPS) is 15.6. The van der Waals surface area contributed by atoms with E-state index >= 15 is 0 Å². The molecule has 1 heterocycles. The summed E-state index contributed by atoms with van der Waals surface area (Å²) in [7, 11) is 0. The van der Waals surface area contributed by atoms with Crippen LogP contribution in [0.4, 0.5) is 18.9 Å². The van der Waals surface area contributed by atoms with E-state index in [1.54, 1.807) is 25.3 Å². The summed E-state index contributed by atoms with van der Waals surface area (Å²) in [4.78, 5) is 5.49. The summed E-state index contributed by atoms with van der Waals surface area (Å²) >= 11 is 0. The SMILES string of the molecule is CCN(CC(F)(F)F)c1ccnc(CNC2CC2)c1. The van der Waals surface area contributed by atoms with Crippen molar-refractivity contribution >= 4 is 5.69 Å². The average Bonchev–Trinajstić information content (AvgIpc) is 3.17. The molecule has 1 N–H and O–H groups in total. The van der Waals surface area contributed by atoms with Crippen molar-refractivity contribution < 1.29 is 13.2 Å². The van der Waals surface area contributed by atoms with Crippen LogP contribution in [-0.2, 0) is 6.54 Å². The molecule has 0 amide bonds. The van der Waals surface area contributed by atoms with Gasteiger partial charge in [0.15, 0.2) is 0 Å². The van der Waals surface area contributed by atoms with E-state index in [-0.39, 0.29) is 0 Å². The molecule has 1 aromatic heterocycles. The lowest BCUT2D eigenvalue weighted by Crippen LogP contribution is -2.34. The van der Waals surface area contributed by atoms with Crippen LogP contribution in [0.2, 0.25) is 0 Å². The van der Waals surface area contributed by atoms with Gasteiger partial charge in [-0.2, -0.15) is 13.2 Å². The number of halogens is 3. The van der Waals surface area contributed by atoms with Gasteiger partial charge in [0.25, 0.3) is 0 Å². The maximum Gasteiger partial charge on any atom is 0.405 e. The van der Waals surface area contributed by atoms with Crippen LogP contribution in [0.3, 0.4) is 0 Å². The number of hydrogen-bond donors (Lipinski definition) is 1. The molecule has 1 saturated carbocycles. The van der Waals surface area contributed by atoms with Crippen molar-refractivity contribution in [3.05, 3.63) is 24.0 Å². The average molecular weight is 273 g/mol. The van der Waals surface area contributed by atoms with Crippen LogP contribution >= 0.6 is 0 Å². The van der Waals surface area contributed by atoms with Crippen LogP contribution in [-0.4, -0.2) is 30.3 Å². The van der Waals surface area contributed by atoms with Crippen molar-refractivity contribution in [1.29, 1.82) is 0 Å². The molecule has 0 spiro atoms. The van der Waals surface area contributed by atoms with Crippen molar-refractivity contribution in [2.75, 3.05) is 18.0 Å². The van der Waals surface area contributed by atoms with E-state index in [0.717, 1.165) is 5.69 Å². The van der Waals surface area contributed by atoms with E-state index in [9.17, 15) is 13.2 Å². The van der Waals surface area contributed by atoms with E-state index in [1.807, 2.05) is 0 Å². The summed E-state index contributed by atoms with van der Waals surface area (Å²) in [6.45, 7) is 1.72. The van der Waals surface area contributed by atoms with Gasteiger partial charge >= 0.3 is 6.18 Å². The molecule has 1 aliphatic rings. The molecule has 0 radical (unpaired) electrons. The second-order valence-electron chi connectivity index (χ2n) is 4.79. The lowest BCUT2D eigenvalue weighted by Gasteiger charge is -2.24. The lowest BCUT2D eigenvalue weighted by atomic mass is 10.2. The minimum absolute atomic E-state index is 0.318. The van der Waals surface area contributed by atoms with Gasteiger partial charge in [-0.15, -0.1) is 0 Å². The highest BCUT2D eigenvalue weighted by Crippen LogP contribution is 2.23. The molecule has 106 valence electrons. The Hall–Kier alpha value is -1.30. The second kappa shape index (κ2) is 5.77. The molecule has 0 atom stereocenters. The predicted octanol–water partition coefficient (Wildman–Crippen LogP) is 2.72. The van der Waals surface area contributed by atoms with E-state index in [0.29, 0.717) is 24.8 Å². The van der Waals surface area contributed by atoms with E-state index in [2.05, 4.69) is 10.3 Å². The van der Waals surface area contributed by atoms with Crippen molar-refractivity contribution in [2.24, 2.45) is 0 Å². The van der Waals surface area contributed by atoms with Crippen molar-refractivity contribution in [1.82, 2.24) is 10.3 Å². The van der Waals surface area contributed by atoms with Gasteiger partial charge in [-0.25, -0.2) is 0 Å². The van der Waals surface area contributed by atoms with Crippen LogP contribution in [0.5, 0.6) is 0 Å². The van der Waals surface area contributed by atoms with Gasteiger partial charge in [0.1, 0.15) is 6.54 Å². The molecule has 1 aromatic rings. The van der Waals surface area contributed by atoms with Crippen molar-refractivity contribution in [3.63, 3.8) is 0 Å². The van der Waals surface area contributed by atoms with Gasteiger partial charge in [0, 0.05) is 31.0 Å². The van der Waals surface area contributed by atoms with Crippen LogP contribution in [0, 0.1) is 0 Å². The Kier molecular flexibility index (Phi) is 4.29. The number of anilines is 1. The smallest absolute Gasteiger partial charge is 0.363 e. The molecule has 19 heavy (non-hydrogen) atoms. The zero-order valence-corrected chi connectivity index (χ0v) is 10.9. The van der Waals surface area contributed by atoms with E-state index in [1.165, 1.54) is 17.7 Å². The predicted molar refractivity (Wildman–Crippen MR) is 68.0 cm³/mol. The topological polar surface area (TPSA) is 28.2 Å². The fourth-order valence-corrected chi connectivity index (χ4v) is 1.90. The van der Waals surface area contributed by atoms with E-state index < -0.39 is 12.7 Å². The second-order valence-corrected chi connectivity index (χ2v) is 4.79. The number of alkyl halides is 3. The molecular weight excluding hydrogens is 255 g/mol. The van der Waals surface area contributed by atoms with E-state index in [4.69, 9.17) is 0 Å². The van der Waals surface area contributed by atoms with Gasteiger partial charge in [-0.3, -0.25) is 4.98 Å². The number of pyridine rings is 1. The van der Waals surface area contributed by atoms with Crippen molar-refractivity contribution in [2.45, 2.75) is 38.5 Å². The van der Waals surface area contributed by atoms with Crippen LogP contribution in [0.1, 0.15) is 25.5 Å². The number of nitrogens with zero attached hydrogens (tertiary/aromatic N) is 2. The Labute approximate surface area is 110 Å². The number of hydrogen-bond acceptors (Lipinski definition) is 3. The number of aromatic nitrogens is 1. The zero-order valence-electron chi connectivity index (χ0n) is 10.9. The number of rotatable bonds is 6. The molecule has 0 aliphatic heterocycles. The highest BCUT2D eigenvalue weighted by molar-refractivity contribution is 5.46. The summed E-state index contributed by atoms with van der Waals surface area (Å²) in [5.74, 6) is 0. The summed E-state index contributed by atoms with van der Waals surface area (Å²) in [6, 6.07) is 3.91. The van der Waals surface area contributed by atoms with Gasteiger partial charge in [-0.05, 0) is 31.9 Å². The third-order valence-corrected chi connectivity index (χ3v) is 3.07.